The summed E-state index contributed by atoms with van der Waals surface area (Å²) in [5.74, 6) is 0. The van der Waals surface area contributed by atoms with E-state index in [1.165, 1.54) is 0 Å². The van der Waals surface area contributed by atoms with Gasteiger partial charge in [0.05, 0.1) is 0 Å². The van der Waals surface area contributed by atoms with E-state index in [-0.39, 0.29) is 15.6 Å². The van der Waals surface area contributed by atoms with Gasteiger partial charge in [0.25, 0.3) is 0 Å². The standard InChI is InChI=1S/C10H22S/c1-8(2,3)10(7,11)9(4,5)6/h11H,1-7H3. The van der Waals surface area contributed by atoms with Gasteiger partial charge in [-0.25, -0.2) is 0 Å². The van der Waals surface area contributed by atoms with Crippen molar-refractivity contribution in [2.75, 3.05) is 0 Å². The minimum absolute atomic E-state index is 0.0694. The number of hydrogen-bond donors (Lipinski definition) is 1. The molecule has 0 saturated carbocycles. The molecule has 0 saturated heterocycles. The number of thiol groups is 1. The van der Waals surface area contributed by atoms with Gasteiger partial charge in [-0.1, -0.05) is 41.5 Å². The summed E-state index contributed by atoms with van der Waals surface area (Å²) in [5.41, 5.74) is 0.489. The molecule has 0 aromatic rings. The van der Waals surface area contributed by atoms with Gasteiger partial charge in [0, 0.05) is 4.75 Å². The van der Waals surface area contributed by atoms with Crippen LogP contribution in [0.1, 0.15) is 48.5 Å². The van der Waals surface area contributed by atoms with Crippen molar-refractivity contribution in [2.45, 2.75) is 53.2 Å². The fraction of sp³-hybridized carbons (Fsp3) is 1.00. The minimum Gasteiger partial charge on any atom is -0.172 e. The SMILES string of the molecule is CC(C)(C)C(C)(S)C(C)(C)C. The van der Waals surface area contributed by atoms with Crippen molar-refractivity contribution in [3.63, 3.8) is 0 Å². The molecule has 0 heterocycles. The summed E-state index contributed by atoms with van der Waals surface area (Å²) in [7, 11) is 0. The normalized spacial score (nSPS) is 15.3. The Balaban J connectivity index is 4.75. The Morgan fingerprint density at radius 3 is 0.818 bits per heavy atom. The second kappa shape index (κ2) is 2.69. The molecule has 0 bridgehead atoms. The predicted octanol–water partition coefficient (Wildman–Crippen LogP) is 3.77. The van der Waals surface area contributed by atoms with Crippen molar-refractivity contribution in [3.05, 3.63) is 0 Å². The summed E-state index contributed by atoms with van der Waals surface area (Å²) in [6.45, 7) is 15.7. The Bertz CT molecular complexity index is 116. The molecular weight excluding hydrogens is 152 g/mol. The molecule has 0 radical (unpaired) electrons. The van der Waals surface area contributed by atoms with Gasteiger partial charge >= 0.3 is 0 Å². The average molecular weight is 174 g/mol. The van der Waals surface area contributed by atoms with Gasteiger partial charge in [-0.3, -0.25) is 0 Å². The molecule has 0 atom stereocenters. The first kappa shape index (κ1) is 11.4. The van der Waals surface area contributed by atoms with Crippen molar-refractivity contribution in [1.29, 1.82) is 0 Å². The van der Waals surface area contributed by atoms with Crippen LogP contribution in [0.25, 0.3) is 0 Å². The van der Waals surface area contributed by atoms with Gasteiger partial charge in [0.2, 0.25) is 0 Å². The van der Waals surface area contributed by atoms with Crippen LogP contribution in [0.15, 0.2) is 0 Å². The fourth-order valence-electron chi connectivity index (χ4n) is 1.12. The lowest BCUT2D eigenvalue weighted by atomic mass is 9.67. The Morgan fingerprint density at radius 2 is 0.818 bits per heavy atom. The fourth-order valence-corrected chi connectivity index (χ4v) is 1.12. The third kappa shape index (κ3) is 2.14. The van der Waals surface area contributed by atoms with E-state index in [9.17, 15) is 0 Å². The summed E-state index contributed by atoms with van der Waals surface area (Å²) >= 11 is 4.75. The number of hydrogen-bond acceptors (Lipinski definition) is 1. The molecule has 0 N–H and O–H groups in total. The summed E-state index contributed by atoms with van der Waals surface area (Å²) in [6, 6.07) is 0. The van der Waals surface area contributed by atoms with Crippen LogP contribution in [-0.2, 0) is 0 Å². The zero-order valence-electron chi connectivity index (χ0n) is 8.95. The molecule has 0 aliphatic rings. The van der Waals surface area contributed by atoms with Crippen LogP contribution in [0.5, 0.6) is 0 Å². The van der Waals surface area contributed by atoms with E-state index in [0.29, 0.717) is 0 Å². The van der Waals surface area contributed by atoms with Crippen LogP contribution in [0.4, 0.5) is 0 Å². The first-order valence-electron chi connectivity index (χ1n) is 4.22. The maximum absolute atomic E-state index is 4.75. The molecule has 0 spiro atoms. The molecule has 0 rings (SSSR count). The van der Waals surface area contributed by atoms with Crippen LogP contribution in [0, 0.1) is 10.8 Å². The lowest BCUT2D eigenvalue weighted by Crippen LogP contribution is -2.45. The van der Waals surface area contributed by atoms with Crippen LogP contribution < -0.4 is 0 Å². The molecule has 0 aliphatic carbocycles. The zero-order valence-corrected chi connectivity index (χ0v) is 9.84. The summed E-state index contributed by atoms with van der Waals surface area (Å²) in [6.07, 6.45) is 0. The zero-order chi connectivity index (χ0) is 9.50. The highest BCUT2D eigenvalue weighted by molar-refractivity contribution is 7.81. The van der Waals surface area contributed by atoms with Crippen molar-refractivity contribution in [3.8, 4) is 0 Å². The van der Waals surface area contributed by atoms with Crippen molar-refractivity contribution < 1.29 is 0 Å². The maximum atomic E-state index is 4.75. The Labute approximate surface area is 77.2 Å². The third-order valence-electron chi connectivity index (χ3n) is 2.92. The monoisotopic (exact) mass is 174 g/mol. The van der Waals surface area contributed by atoms with Crippen molar-refractivity contribution in [1.82, 2.24) is 0 Å². The summed E-state index contributed by atoms with van der Waals surface area (Å²) in [4.78, 5) is 0. The Hall–Kier alpha value is 0.350. The molecule has 11 heavy (non-hydrogen) atoms. The second-order valence-electron chi connectivity index (χ2n) is 5.57. The largest absolute Gasteiger partial charge is 0.172 e. The van der Waals surface area contributed by atoms with E-state index in [0.717, 1.165) is 0 Å². The lowest BCUT2D eigenvalue weighted by molar-refractivity contribution is 0.160. The van der Waals surface area contributed by atoms with Crippen LogP contribution in [0.2, 0.25) is 0 Å². The summed E-state index contributed by atoms with van der Waals surface area (Å²) < 4.78 is 0.0694. The average Bonchev–Trinajstić information content (AvgIpc) is 1.58. The van der Waals surface area contributed by atoms with Gasteiger partial charge in [-0.05, 0) is 17.8 Å². The first-order chi connectivity index (χ1) is 4.50. The van der Waals surface area contributed by atoms with E-state index < -0.39 is 0 Å². The molecule has 0 aliphatic heterocycles. The third-order valence-corrected chi connectivity index (χ3v) is 4.26. The second-order valence-corrected chi connectivity index (χ2v) is 6.47. The molecule has 0 amide bonds. The van der Waals surface area contributed by atoms with E-state index in [1.807, 2.05) is 0 Å². The highest BCUT2D eigenvalue weighted by Gasteiger charge is 2.43. The van der Waals surface area contributed by atoms with Gasteiger partial charge in [0.15, 0.2) is 0 Å². The summed E-state index contributed by atoms with van der Waals surface area (Å²) in [5, 5.41) is 0. The Kier molecular flexibility index (Phi) is 2.77. The van der Waals surface area contributed by atoms with E-state index in [1.54, 1.807) is 0 Å². The predicted molar refractivity (Wildman–Crippen MR) is 56.3 cm³/mol. The Morgan fingerprint density at radius 1 is 0.636 bits per heavy atom. The van der Waals surface area contributed by atoms with Gasteiger partial charge < -0.3 is 0 Å². The topological polar surface area (TPSA) is 0 Å². The molecule has 68 valence electrons. The van der Waals surface area contributed by atoms with Crippen LogP contribution in [-0.4, -0.2) is 4.75 Å². The van der Waals surface area contributed by atoms with E-state index in [2.05, 4.69) is 48.5 Å². The molecule has 0 unspecified atom stereocenters. The van der Waals surface area contributed by atoms with Gasteiger partial charge in [0.1, 0.15) is 0 Å². The van der Waals surface area contributed by atoms with Crippen LogP contribution >= 0.6 is 12.6 Å². The quantitative estimate of drug-likeness (QED) is 0.531. The molecule has 0 aromatic heterocycles. The molecule has 0 nitrogen and oxygen atoms in total. The highest BCUT2D eigenvalue weighted by atomic mass is 32.1. The number of rotatable bonds is 0. The van der Waals surface area contributed by atoms with Gasteiger partial charge in [-0.15, -0.1) is 0 Å². The first-order valence-corrected chi connectivity index (χ1v) is 4.67. The molecule has 1 heteroatoms. The van der Waals surface area contributed by atoms with E-state index >= 15 is 0 Å². The molecule has 0 aromatic carbocycles. The van der Waals surface area contributed by atoms with Crippen molar-refractivity contribution in [2.24, 2.45) is 10.8 Å². The van der Waals surface area contributed by atoms with Gasteiger partial charge in [-0.2, -0.15) is 12.6 Å². The molecular formula is C10H22S. The smallest absolute Gasteiger partial charge is 0.0198 e. The highest BCUT2D eigenvalue weighted by Crippen LogP contribution is 2.48. The maximum Gasteiger partial charge on any atom is 0.0198 e. The van der Waals surface area contributed by atoms with E-state index in [4.69, 9.17) is 12.6 Å². The van der Waals surface area contributed by atoms with Crippen molar-refractivity contribution >= 4 is 12.6 Å². The molecule has 0 fully saturated rings. The van der Waals surface area contributed by atoms with Crippen LogP contribution in [0.3, 0.4) is 0 Å². The lowest BCUT2D eigenvalue weighted by Gasteiger charge is -2.47. The minimum atomic E-state index is 0.0694.